The van der Waals surface area contributed by atoms with Gasteiger partial charge in [-0.05, 0) is 18.2 Å². The molecule has 0 saturated heterocycles. The predicted molar refractivity (Wildman–Crippen MR) is 75.0 cm³/mol. The summed E-state index contributed by atoms with van der Waals surface area (Å²) in [5.74, 6) is -0.195. The number of anilines is 1. The molecule has 0 unspecified atom stereocenters. The van der Waals surface area contributed by atoms with Crippen molar-refractivity contribution in [3.63, 3.8) is 0 Å². The average Bonchev–Trinajstić information content (AvgIpc) is 2.46. The van der Waals surface area contributed by atoms with Gasteiger partial charge in [-0.15, -0.1) is 0 Å². The van der Waals surface area contributed by atoms with Gasteiger partial charge in [-0.1, -0.05) is 0 Å². The summed E-state index contributed by atoms with van der Waals surface area (Å²) in [5, 5.41) is 23.1. The summed E-state index contributed by atoms with van der Waals surface area (Å²) in [6.07, 6.45) is 0. The molecule has 0 aliphatic carbocycles. The van der Waals surface area contributed by atoms with Crippen molar-refractivity contribution in [1.82, 2.24) is 0 Å². The molecule has 0 aromatic heterocycles. The highest BCUT2D eigenvalue weighted by Gasteiger charge is 2.11. The number of rotatable bonds is 5. The maximum atomic E-state index is 13.7. The van der Waals surface area contributed by atoms with E-state index in [4.69, 9.17) is 4.74 Å². The summed E-state index contributed by atoms with van der Waals surface area (Å²) >= 11 is 0. The quantitative estimate of drug-likeness (QED) is 0.653. The van der Waals surface area contributed by atoms with Gasteiger partial charge in [-0.2, -0.15) is 0 Å². The number of nitrogens with one attached hydrogen (secondary N) is 1. The van der Waals surface area contributed by atoms with Gasteiger partial charge < -0.3 is 15.2 Å². The Morgan fingerprint density at radius 1 is 1.33 bits per heavy atom. The number of non-ortho nitro benzene ring substituents is 1. The number of phenolic OH excluding ortho intramolecular Hbond substituents is 1. The van der Waals surface area contributed by atoms with Crippen molar-refractivity contribution in [3.8, 4) is 11.5 Å². The minimum absolute atomic E-state index is 0.0177. The Labute approximate surface area is 119 Å². The summed E-state index contributed by atoms with van der Waals surface area (Å²) in [5.41, 5.74) is 0.356. The number of benzene rings is 2. The van der Waals surface area contributed by atoms with Crippen molar-refractivity contribution in [2.24, 2.45) is 0 Å². The van der Waals surface area contributed by atoms with Crippen LogP contribution < -0.4 is 10.1 Å². The summed E-state index contributed by atoms with van der Waals surface area (Å²) in [4.78, 5) is 9.86. The number of phenols is 1. The van der Waals surface area contributed by atoms with E-state index < -0.39 is 10.7 Å². The monoisotopic (exact) mass is 292 g/mol. The zero-order valence-corrected chi connectivity index (χ0v) is 11.2. The molecule has 6 nitrogen and oxygen atoms in total. The van der Waals surface area contributed by atoms with E-state index in [2.05, 4.69) is 5.32 Å². The van der Waals surface area contributed by atoms with Crippen LogP contribution in [0.4, 0.5) is 15.8 Å². The summed E-state index contributed by atoms with van der Waals surface area (Å²) < 4.78 is 18.6. The lowest BCUT2D eigenvalue weighted by molar-refractivity contribution is -0.385. The van der Waals surface area contributed by atoms with E-state index >= 15 is 0 Å². The Morgan fingerprint density at radius 2 is 2.10 bits per heavy atom. The predicted octanol–water partition coefficient (Wildman–Crippen LogP) is 3.06. The van der Waals surface area contributed by atoms with Crippen LogP contribution in [0.2, 0.25) is 0 Å². The largest absolute Gasteiger partial charge is 0.507 e. The van der Waals surface area contributed by atoms with Crippen LogP contribution in [0.15, 0.2) is 36.4 Å². The molecule has 2 rings (SSSR count). The van der Waals surface area contributed by atoms with Crippen LogP contribution in [0.3, 0.4) is 0 Å². The average molecular weight is 292 g/mol. The topological polar surface area (TPSA) is 84.6 Å². The maximum Gasteiger partial charge on any atom is 0.272 e. The van der Waals surface area contributed by atoms with Crippen LogP contribution in [-0.2, 0) is 6.54 Å². The molecule has 0 fully saturated rings. The smallest absolute Gasteiger partial charge is 0.272 e. The fraction of sp³-hybridized carbons (Fsp3) is 0.143. The standard InChI is InChI=1S/C14H13FN2O4/c1-21-11-4-2-9(14(18)7-11)8-16-13-5-3-10(17(19)20)6-12(13)15/h2-7,16,18H,8H2,1H3. The highest BCUT2D eigenvalue weighted by Crippen LogP contribution is 2.25. The zero-order chi connectivity index (χ0) is 15.4. The molecule has 0 heterocycles. The minimum atomic E-state index is -0.725. The number of halogens is 1. The Bertz CT molecular complexity index is 676. The van der Waals surface area contributed by atoms with Gasteiger partial charge in [0.2, 0.25) is 0 Å². The van der Waals surface area contributed by atoms with Crippen LogP contribution in [0.5, 0.6) is 11.5 Å². The van der Waals surface area contributed by atoms with Crippen LogP contribution in [-0.4, -0.2) is 17.1 Å². The lowest BCUT2D eigenvalue weighted by atomic mass is 10.2. The molecular formula is C14H13FN2O4. The summed E-state index contributed by atoms with van der Waals surface area (Å²) in [6, 6.07) is 8.10. The third kappa shape index (κ3) is 3.38. The van der Waals surface area contributed by atoms with Gasteiger partial charge in [0.05, 0.1) is 23.8 Å². The van der Waals surface area contributed by atoms with Gasteiger partial charge in [0.25, 0.3) is 5.69 Å². The van der Waals surface area contributed by atoms with Gasteiger partial charge >= 0.3 is 0 Å². The number of nitro groups is 1. The number of ether oxygens (including phenoxy) is 1. The van der Waals surface area contributed by atoms with Gasteiger partial charge in [0.1, 0.15) is 11.5 Å². The van der Waals surface area contributed by atoms with Crippen LogP contribution >= 0.6 is 0 Å². The molecular weight excluding hydrogens is 279 g/mol. The number of hydrogen-bond donors (Lipinski definition) is 2. The third-order valence-corrected chi connectivity index (χ3v) is 2.93. The second-order valence-corrected chi connectivity index (χ2v) is 4.27. The zero-order valence-electron chi connectivity index (χ0n) is 11.2. The first kappa shape index (κ1) is 14.6. The van der Waals surface area contributed by atoms with E-state index in [0.717, 1.165) is 6.07 Å². The van der Waals surface area contributed by atoms with Crippen LogP contribution in [0, 0.1) is 15.9 Å². The first-order chi connectivity index (χ1) is 10.0. The van der Waals surface area contributed by atoms with E-state index in [9.17, 15) is 19.6 Å². The summed E-state index contributed by atoms with van der Waals surface area (Å²) in [7, 11) is 1.49. The number of nitro benzene ring substituents is 1. The lowest BCUT2D eigenvalue weighted by Crippen LogP contribution is -2.02. The van der Waals surface area contributed by atoms with E-state index in [1.54, 1.807) is 12.1 Å². The van der Waals surface area contributed by atoms with Crippen molar-refractivity contribution in [2.75, 3.05) is 12.4 Å². The Hall–Kier alpha value is -2.83. The van der Waals surface area contributed by atoms with Gasteiger partial charge in [0, 0.05) is 24.2 Å². The van der Waals surface area contributed by atoms with Gasteiger partial charge in [-0.3, -0.25) is 10.1 Å². The van der Waals surface area contributed by atoms with E-state index in [0.29, 0.717) is 11.3 Å². The first-order valence-corrected chi connectivity index (χ1v) is 6.05. The molecule has 2 aromatic carbocycles. The fourth-order valence-corrected chi connectivity index (χ4v) is 1.77. The Morgan fingerprint density at radius 3 is 2.67 bits per heavy atom. The molecule has 2 aromatic rings. The van der Waals surface area contributed by atoms with Crippen LogP contribution in [0.25, 0.3) is 0 Å². The Balaban J connectivity index is 2.11. The molecule has 2 N–H and O–H groups in total. The normalized spacial score (nSPS) is 10.2. The number of nitrogens with zero attached hydrogens (tertiary/aromatic N) is 1. The van der Waals surface area contributed by atoms with Crippen molar-refractivity contribution in [3.05, 3.63) is 57.9 Å². The molecule has 0 aliphatic rings. The number of methoxy groups -OCH3 is 1. The molecule has 21 heavy (non-hydrogen) atoms. The van der Waals surface area contributed by atoms with Crippen molar-refractivity contribution >= 4 is 11.4 Å². The van der Waals surface area contributed by atoms with E-state index in [1.807, 2.05) is 0 Å². The van der Waals surface area contributed by atoms with Crippen molar-refractivity contribution in [1.29, 1.82) is 0 Å². The Kier molecular flexibility index (Phi) is 4.22. The van der Waals surface area contributed by atoms with E-state index in [1.165, 1.54) is 25.3 Å². The molecule has 0 amide bonds. The third-order valence-electron chi connectivity index (χ3n) is 2.93. The van der Waals surface area contributed by atoms with Crippen molar-refractivity contribution < 1.29 is 19.2 Å². The number of aromatic hydroxyl groups is 1. The van der Waals surface area contributed by atoms with Crippen LogP contribution in [0.1, 0.15) is 5.56 Å². The number of hydrogen-bond acceptors (Lipinski definition) is 5. The molecule has 0 radical (unpaired) electrons. The molecule has 0 spiro atoms. The van der Waals surface area contributed by atoms with Gasteiger partial charge in [0.15, 0.2) is 5.82 Å². The molecule has 0 saturated carbocycles. The summed E-state index contributed by atoms with van der Waals surface area (Å²) in [6.45, 7) is 0.171. The van der Waals surface area contributed by atoms with E-state index in [-0.39, 0.29) is 23.7 Å². The molecule has 7 heteroatoms. The second kappa shape index (κ2) is 6.08. The fourth-order valence-electron chi connectivity index (χ4n) is 1.77. The maximum absolute atomic E-state index is 13.7. The lowest BCUT2D eigenvalue weighted by Gasteiger charge is -2.10. The minimum Gasteiger partial charge on any atom is -0.507 e. The highest BCUT2D eigenvalue weighted by atomic mass is 19.1. The van der Waals surface area contributed by atoms with Gasteiger partial charge in [-0.25, -0.2) is 4.39 Å². The SMILES string of the molecule is COc1ccc(CNc2ccc([N+](=O)[O-])cc2F)c(O)c1. The first-order valence-electron chi connectivity index (χ1n) is 6.05. The molecule has 0 bridgehead atoms. The van der Waals surface area contributed by atoms with Crippen molar-refractivity contribution in [2.45, 2.75) is 6.54 Å². The molecule has 0 atom stereocenters. The second-order valence-electron chi connectivity index (χ2n) is 4.27. The highest BCUT2D eigenvalue weighted by molar-refractivity contribution is 5.51. The molecule has 110 valence electrons. The molecule has 0 aliphatic heterocycles.